The molecule has 0 saturated heterocycles. The van der Waals surface area contributed by atoms with Crippen LogP contribution in [-0.4, -0.2) is 33.8 Å². The lowest BCUT2D eigenvalue weighted by Gasteiger charge is -2.16. The van der Waals surface area contributed by atoms with Crippen LogP contribution in [0.1, 0.15) is 5.56 Å². The molecule has 0 saturated carbocycles. The molecule has 0 aliphatic carbocycles. The first kappa shape index (κ1) is 13.6. The zero-order valence-electron chi connectivity index (χ0n) is 11.6. The van der Waals surface area contributed by atoms with Crippen LogP contribution in [-0.2, 0) is 13.2 Å². The molecule has 0 aromatic heterocycles. The Labute approximate surface area is 118 Å². The summed E-state index contributed by atoms with van der Waals surface area (Å²) in [5.41, 5.74) is -0.318. The van der Waals surface area contributed by atoms with Gasteiger partial charge in [-0.1, -0.05) is 6.07 Å². The minimum Gasteiger partial charge on any atom is -0.347 e. The van der Waals surface area contributed by atoms with Crippen molar-refractivity contribution in [3.63, 3.8) is 0 Å². The van der Waals surface area contributed by atoms with Crippen molar-refractivity contribution in [3.8, 4) is 11.5 Å². The predicted molar refractivity (Wildman–Crippen MR) is 72.3 cm³/mol. The lowest BCUT2D eigenvalue weighted by molar-refractivity contribution is -0.136. The first-order chi connectivity index (χ1) is 9.80. The van der Waals surface area contributed by atoms with Crippen molar-refractivity contribution in [3.05, 3.63) is 23.8 Å². The molecular formula is C13H12F3N5. The van der Waals surface area contributed by atoms with E-state index >= 15 is 0 Å². The highest BCUT2D eigenvalue weighted by Gasteiger charge is 2.35. The van der Waals surface area contributed by atoms with Crippen LogP contribution in [0.25, 0.3) is 22.4 Å². The van der Waals surface area contributed by atoms with Gasteiger partial charge in [0.05, 0.1) is 11.1 Å². The van der Waals surface area contributed by atoms with Crippen molar-refractivity contribution in [2.75, 3.05) is 19.0 Å². The van der Waals surface area contributed by atoms with Gasteiger partial charge >= 0.3 is 6.18 Å². The number of alkyl halides is 3. The molecule has 8 heteroatoms. The fraction of sp³-hybridized carbons (Fsp3) is 0.308. The minimum atomic E-state index is -4.46. The summed E-state index contributed by atoms with van der Waals surface area (Å²) < 4.78 is 41.0. The van der Waals surface area contributed by atoms with Crippen LogP contribution in [0.2, 0.25) is 0 Å². The number of anilines is 1. The van der Waals surface area contributed by atoms with E-state index in [1.807, 2.05) is 0 Å². The Bertz CT molecular complexity index is 791. The summed E-state index contributed by atoms with van der Waals surface area (Å²) in [6.45, 7) is 0. The third-order valence-corrected chi connectivity index (χ3v) is 3.28. The zero-order valence-corrected chi connectivity index (χ0v) is 11.6. The fourth-order valence-electron chi connectivity index (χ4n) is 2.37. The Morgan fingerprint density at radius 1 is 1.14 bits per heavy atom. The number of rotatable bonds is 1. The minimum absolute atomic E-state index is 0.00611. The number of halogens is 3. The maximum Gasteiger partial charge on any atom is 0.417 e. The van der Waals surface area contributed by atoms with E-state index in [2.05, 4.69) is 15.2 Å². The molecule has 110 valence electrons. The van der Waals surface area contributed by atoms with E-state index in [0.717, 1.165) is 6.07 Å². The Hall–Kier alpha value is -2.38. The average molecular weight is 295 g/mol. The molecule has 5 nitrogen and oxygen atoms in total. The molecule has 0 bridgehead atoms. The maximum atomic E-state index is 13.1. The topological polar surface area (TPSA) is 46.8 Å². The third kappa shape index (κ3) is 1.98. The molecule has 3 rings (SSSR count). The summed E-state index contributed by atoms with van der Waals surface area (Å²) >= 11 is 0. The van der Waals surface area contributed by atoms with Crippen LogP contribution in [0.4, 0.5) is 19.1 Å². The summed E-state index contributed by atoms with van der Waals surface area (Å²) in [5.74, 6) is 0.888. The molecule has 1 aromatic carbocycles. The van der Waals surface area contributed by atoms with Gasteiger partial charge in [-0.05, 0) is 12.1 Å². The molecule has 0 atom stereocenters. The molecule has 2 heterocycles. The Balaban J connectivity index is 2.40. The van der Waals surface area contributed by atoms with Gasteiger partial charge in [-0.2, -0.15) is 13.2 Å². The van der Waals surface area contributed by atoms with E-state index in [1.165, 1.54) is 6.07 Å². The van der Waals surface area contributed by atoms with Crippen LogP contribution in [0.15, 0.2) is 18.2 Å². The number of nitrogens with zero attached hydrogens (tertiary/aromatic N) is 5. The largest absolute Gasteiger partial charge is 0.417 e. The molecular weight excluding hydrogens is 283 g/mol. The van der Waals surface area contributed by atoms with Crippen LogP contribution in [0.5, 0.6) is 0 Å². The van der Waals surface area contributed by atoms with Crippen LogP contribution in [0, 0.1) is 0 Å². The molecule has 0 radical (unpaired) electrons. The maximum absolute atomic E-state index is 13.1. The summed E-state index contributed by atoms with van der Waals surface area (Å²) in [6, 6.07) is 3.92. The fourth-order valence-corrected chi connectivity index (χ4v) is 2.37. The molecule has 0 unspecified atom stereocenters. The van der Waals surface area contributed by atoms with Crippen molar-refractivity contribution < 1.29 is 13.2 Å². The molecule has 2 aliphatic heterocycles. The quantitative estimate of drug-likeness (QED) is 0.692. The molecule has 0 N–H and O–H groups in total. The van der Waals surface area contributed by atoms with Gasteiger partial charge in [0.1, 0.15) is 5.69 Å². The monoisotopic (exact) mass is 295 g/mol. The number of hydrogen-bond donors (Lipinski definition) is 0. The van der Waals surface area contributed by atoms with Crippen LogP contribution < -0.4 is 4.90 Å². The van der Waals surface area contributed by atoms with Crippen molar-refractivity contribution >= 4 is 16.9 Å². The van der Waals surface area contributed by atoms with E-state index in [4.69, 9.17) is 0 Å². The normalized spacial score (nSPS) is 12.3. The average Bonchev–Trinajstić information content (AvgIpc) is 2.77. The van der Waals surface area contributed by atoms with Gasteiger partial charge in [-0.3, -0.25) is 4.57 Å². The van der Waals surface area contributed by atoms with Crippen molar-refractivity contribution in [2.24, 2.45) is 7.05 Å². The first-order valence-corrected chi connectivity index (χ1v) is 6.17. The number of hydrogen-bond acceptors (Lipinski definition) is 4. The molecule has 0 amide bonds. The zero-order chi connectivity index (χ0) is 15.4. The molecule has 0 fully saturated rings. The number of aromatic nitrogens is 4. The van der Waals surface area contributed by atoms with Crippen molar-refractivity contribution in [1.82, 2.24) is 19.7 Å². The highest BCUT2D eigenvalue weighted by Crippen LogP contribution is 2.39. The highest BCUT2D eigenvalue weighted by atomic mass is 19.4. The van der Waals surface area contributed by atoms with E-state index in [9.17, 15) is 13.2 Å². The van der Waals surface area contributed by atoms with E-state index in [0.29, 0.717) is 11.8 Å². The van der Waals surface area contributed by atoms with Crippen molar-refractivity contribution in [2.45, 2.75) is 6.18 Å². The Kier molecular flexibility index (Phi) is 2.79. The summed E-state index contributed by atoms with van der Waals surface area (Å²) in [6.07, 6.45) is -4.46. The molecule has 2 aliphatic rings. The first-order valence-electron chi connectivity index (χ1n) is 6.17. The lowest BCUT2D eigenvalue weighted by atomic mass is 10.1. The Morgan fingerprint density at radius 3 is 2.48 bits per heavy atom. The summed E-state index contributed by atoms with van der Waals surface area (Å²) in [4.78, 5) is 5.98. The number of fused-ring (bicyclic) bond motifs is 3. The van der Waals surface area contributed by atoms with E-state index in [-0.39, 0.29) is 16.6 Å². The van der Waals surface area contributed by atoms with Gasteiger partial charge in [-0.25, -0.2) is 4.98 Å². The number of benzene rings is 1. The van der Waals surface area contributed by atoms with Gasteiger partial charge in [-0.15, -0.1) is 10.2 Å². The molecule has 21 heavy (non-hydrogen) atoms. The second-order valence-electron chi connectivity index (χ2n) is 4.93. The SMILES string of the molecule is CN(C)c1nnc2c3c(C(F)(F)F)cccc3nc-2n1C. The smallest absolute Gasteiger partial charge is 0.347 e. The second kappa shape index (κ2) is 4.31. The predicted octanol–water partition coefficient (Wildman–Crippen LogP) is 2.55. The van der Waals surface area contributed by atoms with Gasteiger partial charge < -0.3 is 4.90 Å². The summed E-state index contributed by atoms with van der Waals surface area (Å²) in [7, 11) is 5.25. The van der Waals surface area contributed by atoms with Gasteiger partial charge in [0.25, 0.3) is 0 Å². The molecule has 0 spiro atoms. The second-order valence-corrected chi connectivity index (χ2v) is 4.93. The van der Waals surface area contributed by atoms with Crippen molar-refractivity contribution in [1.29, 1.82) is 0 Å². The van der Waals surface area contributed by atoms with Gasteiger partial charge in [0, 0.05) is 26.5 Å². The van der Waals surface area contributed by atoms with Crippen LogP contribution in [0.3, 0.4) is 0 Å². The van der Waals surface area contributed by atoms with E-state index < -0.39 is 11.7 Å². The lowest BCUT2D eigenvalue weighted by Crippen LogP contribution is -2.19. The van der Waals surface area contributed by atoms with Crippen LogP contribution >= 0.6 is 0 Å². The Morgan fingerprint density at radius 2 is 1.86 bits per heavy atom. The standard InChI is InChI=1S/C13H12F3N5/c1-20(2)12-19-18-10-9-7(13(14,15)16)5-4-6-8(9)17-11(10)21(12)3/h4-6H,1-3H3. The summed E-state index contributed by atoms with van der Waals surface area (Å²) in [5, 5.41) is 7.93. The van der Waals surface area contributed by atoms with Gasteiger partial charge in [0.15, 0.2) is 5.82 Å². The third-order valence-electron chi connectivity index (χ3n) is 3.28. The van der Waals surface area contributed by atoms with Gasteiger partial charge in [0.2, 0.25) is 5.95 Å². The van der Waals surface area contributed by atoms with E-state index in [1.54, 1.807) is 36.7 Å². The highest BCUT2D eigenvalue weighted by molar-refractivity contribution is 5.97. The molecule has 1 aromatic rings.